The molecule has 3 aromatic carbocycles. The predicted molar refractivity (Wildman–Crippen MR) is 140 cm³/mol. The lowest BCUT2D eigenvalue weighted by Gasteiger charge is -2.45. The molecule has 3 aromatic rings. The van der Waals surface area contributed by atoms with Crippen LogP contribution in [0.2, 0.25) is 0 Å². The van der Waals surface area contributed by atoms with Gasteiger partial charge in [0.25, 0.3) is 0 Å². The lowest BCUT2D eigenvalue weighted by molar-refractivity contribution is -0.157. The number of amides is 4. The maximum atomic E-state index is 13.7. The van der Waals surface area contributed by atoms with Crippen LogP contribution in [0.3, 0.4) is 0 Å². The van der Waals surface area contributed by atoms with E-state index in [1.54, 1.807) is 34.0 Å². The van der Waals surface area contributed by atoms with Crippen molar-refractivity contribution in [1.29, 1.82) is 0 Å². The van der Waals surface area contributed by atoms with Crippen LogP contribution < -0.4 is 5.32 Å². The SMILES string of the molecule is CN(C(=O)NCc1ccccc1)N1CC(=O)N2[C@@H](Cc3ccccc3)C(=O)N(Cc3ccc(F)cc3)C[C@@H]21. The Morgan fingerprint density at radius 1 is 0.921 bits per heavy atom. The second-order valence-corrected chi connectivity index (χ2v) is 9.60. The van der Waals surface area contributed by atoms with Gasteiger partial charge >= 0.3 is 6.03 Å². The van der Waals surface area contributed by atoms with Gasteiger partial charge < -0.3 is 15.1 Å². The number of hydrogen-bond donors (Lipinski definition) is 1. The van der Waals surface area contributed by atoms with E-state index in [1.165, 1.54) is 17.1 Å². The Morgan fingerprint density at radius 2 is 1.55 bits per heavy atom. The third kappa shape index (κ3) is 5.38. The van der Waals surface area contributed by atoms with Gasteiger partial charge in [0, 0.05) is 26.6 Å². The van der Waals surface area contributed by atoms with E-state index in [0.29, 0.717) is 13.0 Å². The summed E-state index contributed by atoms with van der Waals surface area (Å²) in [6.07, 6.45) is -0.151. The largest absolute Gasteiger partial charge is 0.333 e. The number of benzene rings is 3. The molecule has 2 atom stereocenters. The number of hydrogen-bond acceptors (Lipinski definition) is 4. The zero-order valence-electron chi connectivity index (χ0n) is 21.2. The van der Waals surface area contributed by atoms with E-state index in [2.05, 4.69) is 5.32 Å². The molecule has 5 rings (SSSR count). The van der Waals surface area contributed by atoms with Crippen molar-refractivity contribution in [2.45, 2.75) is 31.7 Å². The molecule has 0 unspecified atom stereocenters. The smallest absolute Gasteiger partial charge is 0.332 e. The number of nitrogens with one attached hydrogen (secondary N) is 1. The lowest BCUT2D eigenvalue weighted by atomic mass is 10.00. The third-order valence-electron chi connectivity index (χ3n) is 7.09. The van der Waals surface area contributed by atoms with Gasteiger partial charge in [0.2, 0.25) is 11.8 Å². The zero-order chi connectivity index (χ0) is 26.6. The topological polar surface area (TPSA) is 76.2 Å². The summed E-state index contributed by atoms with van der Waals surface area (Å²) in [7, 11) is 1.63. The fourth-order valence-corrected chi connectivity index (χ4v) is 5.10. The van der Waals surface area contributed by atoms with Gasteiger partial charge in [-0.2, -0.15) is 5.01 Å². The minimum atomic E-state index is -0.713. The summed E-state index contributed by atoms with van der Waals surface area (Å²) in [4.78, 5) is 43.4. The number of piperazine rings is 1. The molecule has 0 radical (unpaired) electrons. The average Bonchev–Trinajstić information content (AvgIpc) is 3.27. The molecule has 4 amide bonds. The van der Waals surface area contributed by atoms with E-state index in [-0.39, 0.29) is 43.3 Å². The molecular formula is C29H30FN5O3. The molecule has 2 heterocycles. The fourth-order valence-electron chi connectivity index (χ4n) is 5.10. The van der Waals surface area contributed by atoms with Crippen LogP contribution in [0.4, 0.5) is 9.18 Å². The number of nitrogens with zero attached hydrogens (tertiary/aromatic N) is 4. The molecule has 0 aliphatic carbocycles. The van der Waals surface area contributed by atoms with Gasteiger partial charge in [-0.15, -0.1) is 0 Å². The van der Waals surface area contributed by atoms with Crippen molar-refractivity contribution in [2.75, 3.05) is 20.1 Å². The number of carbonyl (C=O) groups is 3. The molecule has 2 saturated heterocycles. The number of rotatable bonds is 7. The lowest BCUT2D eigenvalue weighted by Crippen LogP contribution is -2.65. The van der Waals surface area contributed by atoms with Gasteiger partial charge in [0.05, 0.1) is 13.1 Å². The summed E-state index contributed by atoms with van der Waals surface area (Å²) in [5, 5.41) is 6.04. The van der Waals surface area contributed by atoms with E-state index < -0.39 is 12.2 Å². The highest BCUT2D eigenvalue weighted by Crippen LogP contribution is 2.29. The first-order valence-electron chi connectivity index (χ1n) is 12.6. The number of carbonyl (C=O) groups excluding carboxylic acids is 3. The molecule has 0 bridgehead atoms. The summed E-state index contributed by atoms with van der Waals surface area (Å²) >= 11 is 0. The summed E-state index contributed by atoms with van der Waals surface area (Å²) in [6, 6.07) is 24.1. The quantitative estimate of drug-likeness (QED) is 0.525. The van der Waals surface area contributed by atoms with Crippen LogP contribution in [0.1, 0.15) is 16.7 Å². The van der Waals surface area contributed by atoms with E-state index in [1.807, 2.05) is 60.7 Å². The van der Waals surface area contributed by atoms with Crippen LogP contribution in [0, 0.1) is 5.82 Å². The molecule has 196 valence electrons. The highest BCUT2D eigenvalue weighted by atomic mass is 19.1. The number of urea groups is 1. The monoisotopic (exact) mass is 515 g/mol. The average molecular weight is 516 g/mol. The summed E-state index contributed by atoms with van der Waals surface area (Å²) in [6.45, 7) is 0.846. The Kier molecular flexibility index (Phi) is 7.37. The Morgan fingerprint density at radius 3 is 2.21 bits per heavy atom. The van der Waals surface area contributed by atoms with Crippen LogP contribution >= 0.6 is 0 Å². The molecule has 2 aliphatic rings. The van der Waals surface area contributed by atoms with Gasteiger partial charge in [-0.05, 0) is 28.8 Å². The second-order valence-electron chi connectivity index (χ2n) is 9.60. The summed E-state index contributed by atoms with van der Waals surface area (Å²) in [5.41, 5.74) is 2.69. The number of fused-ring (bicyclic) bond motifs is 1. The molecule has 2 fully saturated rings. The van der Waals surface area contributed by atoms with Gasteiger partial charge in [-0.25, -0.2) is 9.18 Å². The van der Waals surface area contributed by atoms with Gasteiger partial charge in [-0.3, -0.25) is 14.6 Å². The van der Waals surface area contributed by atoms with Crippen molar-refractivity contribution in [2.24, 2.45) is 0 Å². The Balaban J connectivity index is 1.38. The first-order valence-corrected chi connectivity index (χ1v) is 12.6. The standard InChI is InChI=1S/C29H30FN5O3/c1-32(29(38)31-17-22-10-6-3-7-11-22)34-20-27(36)35-25(16-21-8-4-2-5-9-21)28(37)33(19-26(34)35)18-23-12-14-24(30)15-13-23/h2-15,25-26H,16-20H2,1H3,(H,31,38)/t25-,26+/m0/s1. The van der Waals surface area contributed by atoms with E-state index in [9.17, 15) is 18.8 Å². The Hall–Kier alpha value is -4.24. The molecule has 1 N–H and O–H groups in total. The number of hydrazine groups is 1. The fraction of sp³-hybridized carbons (Fsp3) is 0.276. The van der Waals surface area contributed by atoms with Crippen LogP contribution in [0.25, 0.3) is 0 Å². The van der Waals surface area contributed by atoms with Gasteiger partial charge in [-0.1, -0.05) is 72.8 Å². The van der Waals surface area contributed by atoms with E-state index in [0.717, 1.165) is 16.7 Å². The van der Waals surface area contributed by atoms with Crippen LogP contribution in [-0.2, 0) is 29.1 Å². The van der Waals surface area contributed by atoms with E-state index >= 15 is 0 Å². The molecule has 2 aliphatic heterocycles. The maximum Gasteiger partial charge on any atom is 0.332 e. The minimum Gasteiger partial charge on any atom is -0.333 e. The second kappa shape index (κ2) is 11.0. The van der Waals surface area contributed by atoms with E-state index in [4.69, 9.17) is 0 Å². The molecule has 0 aromatic heterocycles. The normalized spacial score (nSPS) is 19.4. The van der Waals surface area contributed by atoms with Crippen molar-refractivity contribution < 1.29 is 18.8 Å². The molecule has 9 heteroatoms. The molecule has 0 spiro atoms. The Labute approximate surface area is 221 Å². The Bertz CT molecular complexity index is 1290. The van der Waals surface area contributed by atoms with Gasteiger partial charge in [0.15, 0.2) is 0 Å². The van der Waals surface area contributed by atoms with Crippen LogP contribution in [0.5, 0.6) is 0 Å². The van der Waals surface area contributed by atoms with Crippen molar-refractivity contribution in [1.82, 2.24) is 25.1 Å². The predicted octanol–water partition coefficient (Wildman–Crippen LogP) is 3.01. The van der Waals surface area contributed by atoms with Crippen LogP contribution in [0.15, 0.2) is 84.9 Å². The van der Waals surface area contributed by atoms with Crippen molar-refractivity contribution in [3.8, 4) is 0 Å². The number of halogens is 1. The zero-order valence-corrected chi connectivity index (χ0v) is 21.2. The molecule has 0 saturated carbocycles. The summed E-state index contributed by atoms with van der Waals surface area (Å²) in [5.74, 6) is -0.711. The van der Waals surface area contributed by atoms with Crippen molar-refractivity contribution in [3.05, 3.63) is 107 Å². The van der Waals surface area contributed by atoms with Crippen LogP contribution in [-0.4, -0.2) is 70.0 Å². The summed E-state index contributed by atoms with van der Waals surface area (Å²) < 4.78 is 13.5. The van der Waals surface area contributed by atoms with Crippen molar-refractivity contribution in [3.63, 3.8) is 0 Å². The molecule has 8 nitrogen and oxygen atoms in total. The van der Waals surface area contributed by atoms with Gasteiger partial charge in [0.1, 0.15) is 18.0 Å². The first kappa shape index (κ1) is 25.4. The minimum absolute atomic E-state index is 0.0110. The third-order valence-corrected chi connectivity index (χ3v) is 7.09. The highest BCUT2D eigenvalue weighted by molar-refractivity contribution is 5.91. The molecule has 38 heavy (non-hydrogen) atoms. The maximum absolute atomic E-state index is 13.7. The highest BCUT2D eigenvalue weighted by Gasteiger charge is 2.51. The molecular weight excluding hydrogens is 485 g/mol. The van der Waals surface area contributed by atoms with Crippen molar-refractivity contribution >= 4 is 17.8 Å². The first-order chi connectivity index (χ1) is 18.4.